The van der Waals surface area contributed by atoms with Crippen LogP contribution in [0.3, 0.4) is 0 Å². The Morgan fingerprint density at radius 1 is 1.33 bits per heavy atom. The Bertz CT molecular complexity index is 287. The third-order valence-corrected chi connectivity index (χ3v) is 5.73. The molecule has 0 spiro atoms. The molecule has 0 bridgehead atoms. The first-order chi connectivity index (χ1) is 8.69. The van der Waals surface area contributed by atoms with Crippen LogP contribution in [0.25, 0.3) is 0 Å². The molecule has 0 amide bonds. The van der Waals surface area contributed by atoms with Crippen LogP contribution in [0.15, 0.2) is 11.6 Å². The van der Waals surface area contributed by atoms with Gasteiger partial charge >= 0.3 is 0 Å². The maximum absolute atomic E-state index is 3.89. The first-order valence-corrected chi connectivity index (χ1v) is 8.91. The van der Waals surface area contributed by atoms with Gasteiger partial charge < -0.3 is 5.32 Å². The molecule has 1 saturated carbocycles. The van der Waals surface area contributed by atoms with Gasteiger partial charge in [0, 0.05) is 11.3 Å². The summed E-state index contributed by atoms with van der Waals surface area (Å²) >= 11 is 2.07. The summed E-state index contributed by atoms with van der Waals surface area (Å²) in [6.07, 6.45) is 13.1. The van der Waals surface area contributed by atoms with Gasteiger partial charge in [-0.25, -0.2) is 0 Å². The summed E-state index contributed by atoms with van der Waals surface area (Å²) in [5.74, 6) is 1.66. The Kier molecular flexibility index (Phi) is 5.62. The molecule has 0 aromatic rings. The normalized spacial score (nSPS) is 37.4. The van der Waals surface area contributed by atoms with E-state index in [1.807, 2.05) is 0 Å². The van der Waals surface area contributed by atoms with E-state index >= 15 is 0 Å². The van der Waals surface area contributed by atoms with Crippen LogP contribution in [0.2, 0.25) is 0 Å². The monoisotopic (exact) mass is 267 g/mol. The third kappa shape index (κ3) is 4.03. The van der Waals surface area contributed by atoms with E-state index in [1.54, 1.807) is 5.57 Å². The summed E-state index contributed by atoms with van der Waals surface area (Å²) in [6, 6.07) is 0.773. The third-order valence-electron chi connectivity index (χ3n) is 4.56. The van der Waals surface area contributed by atoms with Crippen LogP contribution in [0.4, 0.5) is 0 Å². The van der Waals surface area contributed by atoms with Gasteiger partial charge in [-0.3, -0.25) is 0 Å². The van der Waals surface area contributed by atoms with Gasteiger partial charge in [0.1, 0.15) is 0 Å². The minimum atomic E-state index is 0.773. The second kappa shape index (κ2) is 7.00. The zero-order chi connectivity index (χ0) is 13.0. The minimum Gasteiger partial charge on any atom is -0.313 e. The fourth-order valence-corrected chi connectivity index (χ4v) is 4.74. The first-order valence-electron chi connectivity index (χ1n) is 7.62. The SMILES string of the molecule is CSC1CCCCC1NCC1CC(C)=CC(C)C1. The van der Waals surface area contributed by atoms with Gasteiger partial charge in [0.2, 0.25) is 0 Å². The molecule has 2 rings (SSSR count). The van der Waals surface area contributed by atoms with Gasteiger partial charge in [0.15, 0.2) is 0 Å². The van der Waals surface area contributed by atoms with E-state index < -0.39 is 0 Å². The summed E-state index contributed by atoms with van der Waals surface area (Å²) in [6.45, 7) is 5.90. The standard InChI is InChI=1S/C16H29NS/c1-12-8-13(2)10-14(9-12)11-17-15-6-4-5-7-16(15)18-3/h8,12,14-17H,4-7,9-11H2,1-3H3. The van der Waals surface area contributed by atoms with Crippen molar-refractivity contribution in [2.24, 2.45) is 11.8 Å². The molecule has 0 aliphatic heterocycles. The number of nitrogens with one attached hydrogen (secondary N) is 1. The molecule has 1 nitrogen and oxygen atoms in total. The summed E-state index contributed by atoms with van der Waals surface area (Å²) in [4.78, 5) is 0. The van der Waals surface area contributed by atoms with Gasteiger partial charge in [-0.05, 0) is 57.2 Å². The highest BCUT2D eigenvalue weighted by molar-refractivity contribution is 7.99. The highest BCUT2D eigenvalue weighted by Gasteiger charge is 2.25. The molecule has 0 aromatic carbocycles. The molecule has 0 radical (unpaired) electrons. The van der Waals surface area contributed by atoms with Crippen molar-refractivity contribution in [3.63, 3.8) is 0 Å². The van der Waals surface area contributed by atoms with Crippen molar-refractivity contribution >= 4 is 11.8 Å². The number of hydrogen-bond donors (Lipinski definition) is 1. The van der Waals surface area contributed by atoms with Crippen LogP contribution >= 0.6 is 11.8 Å². The number of rotatable bonds is 4. The predicted octanol–water partition coefficient (Wildman–Crippen LogP) is 4.24. The van der Waals surface area contributed by atoms with E-state index in [2.05, 4.69) is 43.3 Å². The lowest BCUT2D eigenvalue weighted by molar-refractivity contribution is 0.325. The average molecular weight is 267 g/mol. The molecule has 1 N–H and O–H groups in total. The van der Waals surface area contributed by atoms with E-state index in [4.69, 9.17) is 0 Å². The van der Waals surface area contributed by atoms with Crippen LogP contribution in [0.1, 0.15) is 52.4 Å². The summed E-state index contributed by atoms with van der Waals surface area (Å²) < 4.78 is 0. The molecule has 104 valence electrons. The maximum Gasteiger partial charge on any atom is 0.0198 e. The van der Waals surface area contributed by atoms with Crippen molar-refractivity contribution in [3.8, 4) is 0 Å². The molecule has 4 atom stereocenters. The first kappa shape index (κ1) is 14.5. The molecular formula is C16H29NS. The molecule has 2 aliphatic carbocycles. The summed E-state index contributed by atoms with van der Waals surface area (Å²) in [5, 5.41) is 4.74. The summed E-state index contributed by atoms with van der Waals surface area (Å²) in [5.41, 5.74) is 1.60. The molecule has 2 aliphatic rings. The van der Waals surface area contributed by atoms with Crippen molar-refractivity contribution in [2.45, 2.75) is 63.7 Å². The molecule has 4 unspecified atom stereocenters. The van der Waals surface area contributed by atoms with Crippen LogP contribution in [-0.2, 0) is 0 Å². The van der Waals surface area contributed by atoms with Crippen LogP contribution in [0.5, 0.6) is 0 Å². The van der Waals surface area contributed by atoms with Gasteiger partial charge in [-0.1, -0.05) is 31.4 Å². The van der Waals surface area contributed by atoms with E-state index in [9.17, 15) is 0 Å². The van der Waals surface area contributed by atoms with Crippen molar-refractivity contribution in [3.05, 3.63) is 11.6 Å². The highest BCUT2D eigenvalue weighted by Crippen LogP contribution is 2.30. The number of allylic oxidation sites excluding steroid dienone is 2. The quantitative estimate of drug-likeness (QED) is 0.765. The Labute approximate surface area is 117 Å². The zero-order valence-corrected chi connectivity index (χ0v) is 13.1. The van der Waals surface area contributed by atoms with Crippen molar-refractivity contribution < 1.29 is 0 Å². The predicted molar refractivity (Wildman–Crippen MR) is 83.2 cm³/mol. The molecule has 0 heterocycles. The van der Waals surface area contributed by atoms with Crippen molar-refractivity contribution in [2.75, 3.05) is 12.8 Å². The second-order valence-corrected chi connectivity index (χ2v) is 7.45. The molecule has 1 fully saturated rings. The molecule has 2 heteroatoms. The fraction of sp³-hybridized carbons (Fsp3) is 0.875. The van der Waals surface area contributed by atoms with Crippen molar-refractivity contribution in [1.82, 2.24) is 5.32 Å². The van der Waals surface area contributed by atoms with E-state index in [-0.39, 0.29) is 0 Å². The van der Waals surface area contributed by atoms with Crippen LogP contribution in [-0.4, -0.2) is 24.1 Å². The lowest BCUT2D eigenvalue weighted by Gasteiger charge is -2.33. The molecule has 0 saturated heterocycles. The van der Waals surface area contributed by atoms with Gasteiger partial charge in [0.25, 0.3) is 0 Å². The average Bonchev–Trinajstić information content (AvgIpc) is 2.35. The lowest BCUT2D eigenvalue weighted by Crippen LogP contribution is -2.43. The Morgan fingerprint density at radius 3 is 2.83 bits per heavy atom. The Balaban J connectivity index is 1.78. The van der Waals surface area contributed by atoms with Gasteiger partial charge in [-0.15, -0.1) is 0 Å². The smallest absolute Gasteiger partial charge is 0.0198 e. The van der Waals surface area contributed by atoms with Crippen molar-refractivity contribution in [1.29, 1.82) is 0 Å². The van der Waals surface area contributed by atoms with Gasteiger partial charge in [-0.2, -0.15) is 11.8 Å². The zero-order valence-electron chi connectivity index (χ0n) is 12.2. The summed E-state index contributed by atoms with van der Waals surface area (Å²) in [7, 11) is 0. The second-order valence-electron chi connectivity index (χ2n) is 6.37. The molecular weight excluding hydrogens is 238 g/mol. The molecule has 18 heavy (non-hydrogen) atoms. The van der Waals surface area contributed by atoms with Crippen LogP contribution < -0.4 is 5.32 Å². The molecule has 0 aromatic heterocycles. The van der Waals surface area contributed by atoms with E-state index in [0.29, 0.717) is 0 Å². The lowest BCUT2D eigenvalue weighted by atomic mass is 9.83. The van der Waals surface area contributed by atoms with Gasteiger partial charge in [0.05, 0.1) is 0 Å². The van der Waals surface area contributed by atoms with E-state index in [0.717, 1.165) is 23.1 Å². The van der Waals surface area contributed by atoms with E-state index in [1.165, 1.54) is 45.1 Å². The fourth-order valence-electron chi connectivity index (χ4n) is 3.77. The topological polar surface area (TPSA) is 12.0 Å². The maximum atomic E-state index is 3.89. The van der Waals surface area contributed by atoms with Crippen LogP contribution in [0, 0.1) is 11.8 Å². The largest absolute Gasteiger partial charge is 0.313 e. The minimum absolute atomic E-state index is 0.773. The highest BCUT2D eigenvalue weighted by atomic mass is 32.2. The number of hydrogen-bond acceptors (Lipinski definition) is 2. The Hall–Kier alpha value is 0.0500. The number of thioether (sulfide) groups is 1. The Morgan fingerprint density at radius 2 is 2.11 bits per heavy atom.